The fourth-order valence-corrected chi connectivity index (χ4v) is 3.78. The zero-order valence-electron chi connectivity index (χ0n) is 14.9. The predicted octanol–water partition coefficient (Wildman–Crippen LogP) is 3.30. The van der Waals surface area contributed by atoms with Crippen molar-refractivity contribution in [1.82, 2.24) is 19.8 Å². The molecule has 1 aliphatic rings. The number of carbonyl (C=O) groups excluding carboxylic acids is 1. The second kappa shape index (κ2) is 7.75. The van der Waals surface area contributed by atoms with Gasteiger partial charge in [0.05, 0.1) is 23.7 Å². The summed E-state index contributed by atoms with van der Waals surface area (Å²) in [5.41, 5.74) is 4.17. The summed E-state index contributed by atoms with van der Waals surface area (Å²) in [7, 11) is 0. The second-order valence-electron chi connectivity index (χ2n) is 6.24. The lowest BCUT2D eigenvalue weighted by atomic mass is 10.1. The highest BCUT2D eigenvalue weighted by Crippen LogP contribution is 2.23. The van der Waals surface area contributed by atoms with E-state index in [0.29, 0.717) is 11.7 Å². The van der Waals surface area contributed by atoms with Gasteiger partial charge in [-0.15, -0.1) is 10.2 Å². The molecule has 0 saturated carbocycles. The van der Waals surface area contributed by atoms with Crippen LogP contribution in [-0.4, -0.2) is 43.7 Å². The molecule has 7 heteroatoms. The molecule has 0 spiro atoms. The van der Waals surface area contributed by atoms with Crippen LogP contribution in [0.4, 0.5) is 0 Å². The number of amides is 1. The second-order valence-corrected chi connectivity index (χ2v) is 7.18. The molecule has 4 rings (SSSR count). The molecule has 1 amide bonds. The smallest absolute Gasteiger partial charge is 0.253 e. The highest BCUT2D eigenvalue weighted by atomic mass is 32.2. The summed E-state index contributed by atoms with van der Waals surface area (Å²) < 4.78 is 1.91. The van der Waals surface area contributed by atoms with E-state index in [1.165, 1.54) is 11.8 Å². The van der Waals surface area contributed by atoms with Gasteiger partial charge in [-0.25, -0.2) is 5.01 Å². The van der Waals surface area contributed by atoms with Crippen molar-refractivity contribution < 1.29 is 4.79 Å². The maximum Gasteiger partial charge on any atom is 0.253 e. The maximum absolute atomic E-state index is 12.6. The van der Waals surface area contributed by atoms with Gasteiger partial charge >= 0.3 is 0 Å². The Balaban J connectivity index is 1.43. The van der Waals surface area contributed by atoms with Crippen molar-refractivity contribution >= 4 is 23.4 Å². The van der Waals surface area contributed by atoms with E-state index in [0.717, 1.165) is 28.9 Å². The number of carbonyl (C=O) groups is 1. The number of thioether (sulfide) groups is 1. The summed E-state index contributed by atoms with van der Waals surface area (Å²) in [4.78, 5) is 12.6. The van der Waals surface area contributed by atoms with Crippen molar-refractivity contribution in [2.75, 3.05) is 12.3 Å². The van der Waals surface area contributed by atoms with Crippen molar-refractivity contribution in [3.05, 3.63) is 72.1 Å². The number of para-hydroxylation sites is 1. The predicted molar refractivity (Wildman–Crippen MR) is 106 cm³/mol. The van der Waals surface area contributed by atoms with Crippen LogP contribution in [0.2, 0.25) is 0 Å². The molecular weight excluding hydrogens is 358 g/mol. The Kier molecular flexibility index (Phi) is 5.02. The van der Waals surface area contributed by atoms with Gasteiger partial charge in [0.15, 0.2) is 5.16 Å². The van der Waals surface area contributed by atoms with Crippen molar-refractivity contribution in [3.8, 4) is 5.69 Å². The molecular formula is C20H19N5OS. The highest BCUT2D eigenvalue weighted by Gasteiger charge is 2.22. The largest absolute Gasteiger partial charge is 0.276 e. The lowest BCUT2D eigenvalue weighted by Gasteiger charge is -2.12. The lowest BCUT2D eigenvalue weighted by molar-refractivity contribution is -0.127. The van der Waals surface area contributed by atoms with Crippen LogP contribution in [0.1, 0.15) is 17.5 Å². The molecule has 1 aliphatic heterocycles. The Bertz CT molecular complexity index is 983. The topological polar surface area (TPSA) is 63.4 Å². The number of hydrogen-bond donors (Lipinski definition) is 0. The van der Waals surface area contributed by atoms with Crippen LogP contribution in [0.15, 0.2) is 71.2 Å². The van der Waals surface area contributed by atoms with E-state index in [-0.39, 0.29) is 11.7 Å². The normalized spacial score (nSPS) is 13.7. The van der Waals surface area contributed by atoms with Crippen LogP contribution in [0.25, 0.3) is 5.69 Å². The third kappa shape index (κ3) is 3.78. The van der Waals surface area contributed by atoms with E-state index < -0.39 is 0 Å². The minimum Gasteiger partial charge on any atom is -0.276 e. The number of aromatic nitrogens is 3. The van der Waals surface area contributed by atoms with Gasteiger partial charge in [0, 0.05) is 6.42 Å². The fourth-order valence-electron chi connectivity index (χ4n) is 2.99. The van der Waals surface area contributed by atoms with Crippen LogP contribution in [-0.2, 0) is 4.79 Å². The van der Waals surface area contributed by atoms with E-state index in [4.69, 9.17) is 0 Å². The third-order valence-electron chi connectivity index (χ3n) is 4.41. The van der Waals surface area contributed by atoms with Gasteiger partial charge in [0.25, 0.3) is 5.91 Å². The monoisotopic (exact) mass is 377 g/mol. The van der Waals surface area contributed by atoms with E-state index in [1.54, 1.807) is 11.3 Å². The molecule has 6 nitrogen and oxygen atoms in total. The van der Waals surface area contributed by atoms with Gasteiger partial charge in [-0.2, -0.15) is 5.10 Å². The summed E-state index contributed by atoms with van der Waals surface area (Å²) in [6.45, 7) is 2.66. The Morgan fingerprint density at radius 2 is 1.89 bits per heavy atom. The van der Waals surface area contributed by atoms with E-state index in [2.05, 4.69) is 15.3 Å². The van der Waals surface area contributed by atoms with E-state index in [1.807, 2.05) is 66.1 Å². The Hall–Kier alpha value is -2.93. The lowest BCUT2D eigenvalue weighted by Crippen LogP contribution is -2.25. The van der Waals surface area contributed by atoms with Crippen LogP contribution in [0, 0.1) is 6.92 Å². The van der Waals surface area contributed by atoms with Crippen molar-refractivity contribution in [1.29, 1.82) is 0 Å². The molecule has 3 aromatic rings. The summed E-state index contributed by atoms with van der Waals surface area (Å²) in [6.07, 6.45) is 2.45. The number of rotatable bonds is 5. The molecule has 0 saturated heterocycles. The first kappa shape index (κ1) is 17.5. The molecule has 27 heavy (non-hydrogen) atoms. The Labute approximate surface area is 161 Å². The number of benzene rings is 2. The molecule has 0 unspecified atom stereocenters. The SMILES string of the molecule is Cc1ccccc1-n1cnnc1SCC(=O)N1CCC(c2ccccc2)=N1. The standard InChI is InChI=1S/C20H19N5OS/c1-15-7-5-6-10-18(15)24-14-21-22-20(24)27-13-19(26)25-12-11-17(23-25)16-8-3-2-4-9-16/h2-10,14H,11-13H2,1H3. The van der Waals surface area contributed by atoms with Crippen LogP contribution in [0.3, 0.4) is 0 Å². The number of hydrogen-bond acceptors (Lipinski definition) is 5. The van der Waals surface area contributed by atoms with Crippen LogP contribution >= 0.6 is 11.8 Å². The average molecular weight is 377 g/mol. The number of nitrogens with zero attached hydrogens (tertiary/aromatic N) is 5. The minimum absolute atomic E-state index is 0.0229. The highest BCUT2D eigenvalue weighted by molar-refractivity contribution is 7.99. The molecule has 0 atom stereocenters. The van der Waals surface area contributed by atoms with E-state index in [9.17, 15) is 4.79 Å². The molecule has 1 aromatic heterocycles. The van der Waals surface area contributed by atoms with Gasteiger partial charge < -0.3 is 0 Å². The summed E-state index contributed by atoms with van der Waals surface area (Å²) in [5.74, 6) is 0.251. The van der Waals surface area contributed by atoms with Crippen LogP contribution in [0.5, 0.6) is 0 Å². The third-order valence-corrected chi connectivity index (χ3v) is 5.34. The van der Waals surface area contributed by atoms with Gasteiger partial charge in [0.2, 0.25) is 0 Å². The summed E-state index contributed by atoms with van der Waals surface area (Å²) in [5, 5.41) is 14.9. The van der Waals surface area contributed by atoms with E-state index >= 15 is 0 Å². The summed E-state index contributed by atoms with van der Waals surface area (Å²) in [6, 6.07) is 18.0. The molecule has 136 valence electrons. The van der Waals surface area contributed by atoms with Crippen molar-refractivity contribution in [3.63, 3.8) is 0 Å². The molecule has 0 radical (unpaired) electrons. The molecule has 2 aromatic carbocycles. The fraction of sp³-hybridized carbons (Fsp3) is 0.200. The van der Waals surface area contributed by atoms with Gasteiger partial charge in [-0.05, 0) is 24.1 Å². The Morgan fingerprint density at radius 1 is 1.11 bits per heavy atom. The zero-order chi connectivity index (χ0) is 18.6. The number of hydrazone groups is 1. The average Bonchev–Trinajstić information content (AvgIpc) is 3.37. The number of aryl methyl sites for hydroxylation is 1. The zero-order valence-corrected chi connectivity index (χ0v) is 15.8. The molecule has 0 N–H and O–H groups in total. The molecule has 0 bridgehead atoms. The first-order chi connectivity index (χ1) is 13.2. The first-order valence-corrected chi connectivity index (χ1v) is 9.73. The van der Waals surface area contributed by atoms with Gasteiger partial charge in [-0.1, -0.05) is 60.3 Å². The Morgan fingerprint density at radius 3 is 2.70 bits per heavy atom. The minimum atomic E-state index is -0.0229. The maximum atomic E-state index is 12.6. The van der Waals surface area contributed by atoms with Crippen molar-refractivity contribution in [2.24, 2.45) is 5.10 Å². The molecule has 0 fully saturated rings. The van der Waals surface area contributed by atoms with Gasteiger partial charge in [0.1, 0.15) is 6.33 Å². The quantitative estimate of drug-likeness (QED) is 0.640. The van der Waals surface area contributed by atoms with Crippen LogP contribution < -0.4 is 0 Å². The van der Waals surface area contributed by atoms with Gasteiger partial charge in [-0.3, -0.25) is 9.36 Å². The van der Waals surface area contributed by atoms with Crippen molar-refractivity contribution in [2.45, 2.75) is 18.5 Å². The summed E-state index contributed by atoms with van der Waals surface area (Å²) >= 11 is 1.38. The molecule has 2 heterocycles. The first-order valence-electron chi connectivity index (χ1n) is 8.74. The molecule has 0 aliphatic carbocycles.